The third kappa shape index (κ3) is 2.92. The molecule has 1 aliphatic carbocycles. The first-order chi connectivity index (χ1) is 10.7. The van der Waals surface area contributed by atoms with Gasteiger partial charge in [0.1, 0.15) is 12.2 Å². The molecule has 0 spiro atoms. The Labute approximate surface area is 136 Å². The lowest BCUT2D eigenvalue weighted by Gasteiger charge is -2.34. The molecule has 6 heteroatoms. The molecule has 2 saturated heterocycles. The van der Waals surface area contributed by atoms with Crippen LogP contribution < -0.4 is 0 Å². The fraction of sp³-hybridized carbons (Fsp3) is 0.882. The molecule has 1 saturated carbocycles. The fourth-order valence-corrected chi connectivity index (χ4v) is 4.20. The number of hydrogen-bond donors (Lipinski definition) is 1. The summed E-state index contributed by atoms with van der Waals surface area (Å²) in [5.74, 6) is -0.642. The molecule has 23 heavy (non-hydrogen) atoms. The van der Waals surface area contributed by atoms with E-state index in [1.165, 1.54) is 6.92 Å². The summed E-state index contributed by atoms with van der Waals surface area (Å²) in [6.07, 6.45) is 0.873. The fourth-order valence-electron chi connectivity index (χ4n) is 4.20. The zero-order valence-electron chi connectivity index (χ0n) is 14.2. The van der Waals surface area contributed by atoms with E-state index < -0.39 is 23.8 Å². The molecule has 3 fully saturated rings. The first kappa shape index (κ1) is 16.9. The Hall–Kier alpha value is -0.980. The molecule has 2 aliphatic heterocycles. The largest absolute Gasteiger partial charge is 0.462 e. The number of fused-ring (bicyclic) bond motifs is 2. The van der Waals surface area contributed by atoms with Crippen molar-refractivity contribution in [2.45, 2.75) is 82.6 Å². The normalized spacial score (nSPS) is 48.9. The van der Waals surface area contributed by atoms with Gasteiger partial charge in [-0.25, -0.2) is 0 Å². The number of carbonyl (C=O) groups excluding carboxylic acids is 2. The molecule has 1 N–H and O–H groups in total. The monoisotopic (exact) mass is 326 g/mol. The number of ether oxygens (including phenoxy) is 3. The van der Waals surface area contributed by atoms with Crippen LogP contribution in [0.5, 0.6) is 0 Å². The summed E-state index contributed by atoms with van der Waals surface area (Å²) in [5.41, 5.74) is -1.27. The zero-order chi connectivity index (χ0) is 17.0. The predicted molar refractivity (Wildman–Crippen MR) is 80.7 cm³/mol. The van der Waals surface area contributed by atoms with Crippen molar-refractivity contribution in [1.82, 2.24) is 0 Å². The van der Waals surface area contributed by atoms with Crippen LogP contribution in [0.4, 0.5) is 0 Å². The van der Waals surface area contributed by atoms with Crippen LogP contribution in [0.15, 0.2) is 0 Å². The van der Waals surface area contributed by atoms with Crippen molar-refractivity contribution in [2.24, 2.45) is 11.8 Å². The molecule has 0 aromatic heterocycles. The maximum absolute atomic E-state index is 11.6. The predicted octanol–water partition coefficient (Wildman–Crippen LogP) is 1.23. The number of epoxide rings is 2. The molecule has 3 rings (SSSR count). The molecule has 130 valence electrons. The Balaban J connectivity index is 1.92. The van der Waals surface area contributed by atoms with E-state index >= 15 is 0 Å². The van der Waals surface area contributed by atoms with Gasteiger partial charge < -0.3 is 24.1 Å². The van der Waals surface area contributed by atoms with E-state index in [-0.39, 0.29) is 29.6 Å². The SMILES string of the molecule is CC(=O)OC1CC2(C=O)OC2CCC2(C)OC2C(O)C1C(C)C. The number of rotatable bonds is 3. The second-order valence-corrected chi connectivity index (χ2v) is 7.73. The van der Waals surface area contributed by atoms with Crippen LogP contribution >= 0.6 is 0 Å². The highest BCUT2D eigenvalue weighted by Crippen LogP contribution is 2.52. The van der Waals surface area contributed by atoms with Crippen LogP contribution in [-0.2, 0) is 23.8 Å². The van der Waals surface area contributed by atoms with Crippen LogP contribution in [0.1, 0.15) is 47.0 Å². The van der Waals surface area contributed by atoms with Gasteiger partial charge in [-0.3, -0.25) is 4.79 Å². The average Bonchev–Trinajstić information content (AvgIpc) is 3.31. The van der Waals surface area contributed by atoms with E-state index in [0.29, 0.717) is 12.8 Å². The lowest BCUT2D eigenvalue weighted by molar-refractivity contribution is -0.156. The molecular weight excluding hydrogens is 300 g/mol. The Morgan fingerprint density at radius 2 is 2.09 bits per heavy atom. The van der Waals surface area contributed by atoms with Crippen LogP contribution in [-0.4, -0.2) is 53.0 Å². The highest BCUT2D eigenvalue weighted by Gasteiger charge is 2.65. The number of aliphatic hydroxyl groups is 1. The van der Waals surface area contributed by atoms with Gasteiger partial charge >= 0.3 is 5.97 Å². The lowest BCUT2D eigenvalue weighted by Crippen LogP contribution is -2.45. The first-order valence-corrected chi connectivity index (χ1v) is 8.40. The standard InChI is InChI=1S/C17H26O6/c1-9(2)13-11(21-10(3)19)7-17(8-18)12(22-17)5-6-16(4)15(23-16)14(13)20/h8-9,11-15,20H,5-7H2,1-4H3. The summed E-state index contributed by atoms with van der Waals surface area (Å²) in [6, 6.07) is 0. The van der Waals surface area contributed by atoms with Gasteiger partial charge in [0.2, 0.25) is 0 Å². The minimum absolute atomic E-state index is 0.0723. The molecule has 7 unspecified atom stereocenters. The van der Waals surface area contributed by atoms with Crippen molar-refractivity contribution in [1.29, 1.82) is 0 Å². The molecule has 0 bridgehead atoms. The summed E-state index contributed by atoms with van der Waals surface area (Å²) in [4.78, 5) is 23.1. The van der Waals surface area contributed by atoms with Gasteiger partial charge in [0, 0.05) is 19.3 Å². The molecule has 6 nitrogen and oxygen atoms in total. The van der Waals surface area contributed by atoms with Gasteiger partial charge in [-0.2, -0.15) is 0 Å². The highest BCUT2D eigenvalue weighted by atomic mass is 16.6. The van der Waals surface area contributed by atoms with E-state index in [1.807, 2.05) is 20.8 Å². The van der Waals surface area contributed by atoms with Gasteiger partial charge in [0.15, 0.2) is 11.9 Å². The Morgan fingerprint density at radius 3 is 2.65 bits per heavy atom. The van der Waals surface area contributed by atoms with Crippen LogP contribution in [0.2, 0.25) is 0 Å². The molecule has 0 aromatic rings. The third-order valence-corrected chi connectivity index (χ3v) is 5.63. The molecule has 7 atom stereocenters. The lowest BCUT2D eigenvalue weighted by atomic mass is 9.76. The second-order valence-electron chi connectivity index (χ2n) is 7.73. The minimum Gasteiger partial charge on any atom is -0.462 e. The van der Waals surface area contributed by atoms with Gasteiger partial charge in [0.05, 0.1) is 17.8 Å². The summed E-state index contributed by atoms with van der Waals surface area (Å²) in [5, 5.41) is 10.8. The Kier molecular flexibility index (Phi) is 4.06. The number of carbonyl (C=O) groups is 2. The molecule has 0 radical (unpaired) electrons. The summed E-state index contributed by atoms with van der Waals surface area (Å²) < 4.78 is 17.0. The van der Waals surface area contributed by atoms with Crippen molar-refractivity contribution < 1.29 is 28.9 Å². The second kappa shape index (κ2) is 5.53. The minimum atomic E-state index is -0.884. The Morgan fingerprint density at radius 1 is 1.39 bits per heavy atom. The van der Waals surface area contributed by atoms with Gasteiger partial charge in [0.25, 0.3) is 0 Å². The van der Waals surface area contributed by atoms with Gasteiger partial charge in [-0.1, -0.05) is 13.8 Å². The summed E-state index contributed by atoms with van der Waals surface area (Å²) in [6.45, 7) is 7.29. The topological polar surface area (TPSA) is 88.7 Å². The highest BCUT2D eigenvalue weighted by molar-refractivity contribution is 5.69. The smallest absolute Gasteiger partial charge is 0.302 e. The van der Waals surface area contributed by atoms with E-state index in [9.17, 15) is 14.7 Å². The van der Waals surface area contributed by atoms with Gasteiger partial charge in [-0.05, 0) is 25.7 Å². The number of aliphatic hydroxyl groups excluding tert-OH is 1. The van der Waals surface area contributed by atoms with E-state index in [4.69, 9.17) is 14.2 Å². The Bertz CT molecular complexity index is 505. The molecular formula is C17H26O6. The maximum atomic E-state index is 11.6. The van der Waals surface area contributed by atoms with Crippen molar-refractivity contribution in [3.63, 3.8) is 0 Å². The molecule has 3 aliphatic rings. The van der Waals surface area contributed by atoms with Crippen LogP contribution in [0, 0.1) is 11.8 Å². The van der Waals surface area contributed by atoms with Crippen LogP contribution in [0.25, 0.3) is 0 Å². The summed E-state index contributed by atoms with van der Waals surface area (Å²) in [7, 11) is 0. The molecule has 2 heterocycles. The first-order valence-electron chi connectivity index (χ1n) is 8.40. The van der Waals surface area contributed by atoms with Crippen molar-refractivity contribution in [3.05, 3.63) is 0 Å². The zero-order valence-corrected chi connectivity index (χ0v) is 14.2. The quantitative estimate of drug-likeness (QED) is 0.477. The molecule has 0 amide bonds. The van der Waals surface area contributed by atoms with Crippen molar-refractivity contribution >= 4 is 12.3 Å². The molecule has 0 aromatic carbocycles. The van der Waals surface area contributed by atoms with E-state index in [2.05, 4.69) is 0 Å². The van der Waals surface area contributed by atoms with E-state index in [0.717, 1.165) is 12.7 Å². The van der Waals surface area contributed by atoms with Crippen LogP contribution in [0.3, 0.4) is 0 Å². The van der Waals surface area contributed by atoms with Crippen molar-refractivity contribution in [2.75, 3.05) is 0 Å². The average molecular weight is 326 g/mol. The number of hydrogen-bond acceptors (Lipinski definition) is 6. The maximum Gasteiger partial charge on any atom is 0.302 e. The van der Waals surface area contributed by atoms with E-state index in [1.54, 1.807) is 0 Å². The number of esters is 1. The van der Waals surface area contributed by atoms with Crippen molar-refractivity contribution in [3.8, 4) is 0 Å². The van der Waals surface area contributed by atoms with Gasteiger partial charge in [-0.15, -0.1) is 0 Å². The third-order valence-electron chi connectivity index (χ3n) is 5.63. The summed E-state index contributed by atoms with van der Waals surface area (Å²) >= 11 is 0. The number of aldehydes is 1.